The highest BCUT2D eigenvalue weighted by molar-refractivity contribution is 5.94. The van der Waals surface area contributed by atoms with E-state index < -0.39 is 0 Å². The number of rotatable bonds is 2. The lowest BCUT2D eigenvalue weighted by atomic mass is 10.0. The average Bonchev–Trinajstić information content (AvgIpc) is 2.37. The highest BCUT2D eigenvalue weighted by Gasteiger charge is 2.22. The van der Waals surface area contributed by atoms with Gasteiger partial charge >= 0.3 is 0 Å². The molecule has 0 aromatic heterocycles. The summed E-state index contributed by atoms with van der Waals surface area (Å²) in [6.07, 6.45) is 2.10. The zero-order valence-electron chi connectivity index (χ0n) is 11.5. The average molecular weight is 246 g/mol. The van der Waals surface area contributed by atoms with Gasteiger partial charge in [0.2, 0.25) is 0 Å². The predicted octanol–water partition coefficient (Wildman–Crippen LogP) is 2.13. The van der Waals surface area contributed by atoms with Crippen molar-refractivity contribution in [2.45, 2.75) is 32.7 Å². The Balaban J connectivity index is 2.14. The van der Waals surface area contributed by atoms with Crippen LogP contribution in [0.2, 0.25) is 0 Å². The molecule has 3 heteroatoms. The first-order valence-electron chi connectivity index (χ1n) is 6.64. The van der Waals surface area contributed by atoms with E-state index in [4.69, 9.17) is 0 Å². The molecular weight excluding hydrogens is 224 g/mol. The maximum atomic E-state index is 12.5. The van der Waals surface area contributed by atoms with Crippen molar-refractivity contribution >= 4 is 5.91 Å². The molecule has 0 atom stereocenters. The Labute approximate surface area is 109 Å². The summed E-state index contributed by atoms with van der Waals surface area (Å²) in [5.41, 5.74) is 3.11. The lowest BCUT2D eigenvalue weighted by Crippen LogP contribution is -2.44. The standard InChI is InChI=1S/C15H22N2O/c1-11-8-12(2)10-13(9-11)15(18)17(3)14-4-6-16-7-5-14/h8-10,14,16H,4-7H2,1-3H3. The van der Waals surface area contributed by atoms with Crippen LogP contribution in [0.5, 0.6) is 0 Å². The van der Waals surface area contributed by atoms with Gasteiger partial charge in [0.1, 0.15) is 0 Å². The number of hydrogen-bond donors (Lipinski definition) is 1. The highest BCUT2D eigenvalue weighted by Crippen LogP contribution is 2.16. The number of amides is 1. The third-order valence-electron chi connectivity index (χ3n) is 3.65. The van der Waals surface area contributed by atoms with Crippen LogP contribution in [0.25, 0.3) is 0 Å². The second kappa shape index (κ2) is 5.53. The van der Waals surface area contributed by atoms with E-state index in [0.29, 0.717) is 6.04 Å². The Bertz CT molecular complexity index is 416. The molecule has 0 aliphatic carbocycles. The highest BCUT2D eigenvalue weighted by atomic mass is 16.2. The second-order valence-corrected chi connectivity index (χ2v) is 5.27. The molecule has 1 aliphatic rings. The van der Waals surface area contributed by atoms with Gasteiger partial charge in [-0.2, -0.15) is 0 Å². The van der Waals surface area contributed by atoms with Gasteiger partial charge in [-0.15, -0.1) is 0 Å². The number of nitrogens with zero attached hydrogens (tertiary/aromatic N) is 1. The van der Waals surface area contributed by atoms with E-state index in [0.717, 1.165) is 42.6 Å². The van der Waals surface area contributed by atoms with Gasteiger partial charge in [-0.05, 0) is 51.9 Å². The number of aryl methyl sites for hydroxylation is 2. The van der Waals surface area contributed by atoms with Crippen LogP contribution in [0.4, 0.5) is 0 Å². The third-order valence-corrected chi connectivity index (χ3v) is 3.65. The topological polar surface area (TPSA) is 32.3 Å². The Hall–Kier alpha value is -1.35. The number of piperidine rings is 1. The Morgan fingerprint density at radius 3 is 2.28 bits per heavy atom. The SMILES string of the molecule is Cc1cc(C)cc(C(=O)N(C)C2CCNCC2)c1. The summed E-state index contributed by atoms with van der Waals surface area (Å²) in [5, 5.41) is 3.33. The van der Waals surface area contributed by atoms with Crippen molar-refractivity contribution in [2.75, 3.05) is 20.1 Å². The molecule has 1 N–H and O–H groups in total. The van der Waals surface area contributed by atoms with E-state index in [9.17, 15) is 4.79 Å². The van der Waals surface area contributed by atoms with Crippen LogP contribution in [0.3, 0.4) is 0 Å². The van der Waals surface area contributed by atoms with Gasteiger partial charge in [-0.3, -0.25) is 4.79 Å². The number of hydrogen-bond acceptors (Lipinski definition) is 2. The molecule has 1 aromatic rings. The van der Waals surface area contributed by atoms with Crippen molar-refractivity contribution in [3.8, 4) is 0 Å². The molecule has 1 aromatic carbocycles. The smallest absolute Gasteiger partial charge is 0.253 e. The summed E-state index contributed by atoms with van der Waals surface area (Å²) in [5.74, 6) is 0.147. The van der Waals surface area contributed by atoms with Crippen molar-refractivity contribution < 1.29 is 4.79 Å². The van der Waals surface area contributed by atoms with Crippen LogP contribution in [0.1, 0.15) is 34.3 Å². The fourth-order valence-corrected chi connectivity index (χ4v) is 2.66. The first-order valence-corrected chi connectivity index (χ1v) is 6.64. The monoisotopic (exact) mass is 246 g/mol. The molecule has 0 bridgehead atoms. The van der Waals surface area contributed by atoms with Crippen molar-refractivity contribution in [3.05, 3.63) is 34.9 Å². The van der Waals surface area contributed by atoms with Gasteiger partial charge in [0.05, 0.1) is 0 Å². The Morgan fingerprint density at radius 1 is 1.17 bits per heavy atom. The van der Waals surface area contributed by atoms with E-state index >= 15 is 0 Å². The van der Waals surface area contributed by atoms with Gasteiger partial charge in [0, 0.05) is 18.7 Å². The molecule has 1 heterocycles. The third kappa shape index (κ3) is 2.91. The summed E-state index contributed by atoms with van der Waals surface area (Å²) < 4.78 is 0. The predicted molar refractivity (Wildman–Crippen MR) is 73.9 cm³/mol. The molecule has 0 radical (unpaired) electrons. The minimum absolute atomic E-state index is 0.147. The molecule has 1 aliphatic heterocycles. The lowest BCUT2D eigenvalue weighted by molar-refractivity contribution is 0.0703. The van der Waals surface area contributed by atoms with Gasteiger partial charge in [-0.1, -0.05) is 17.2 Å². The molecule has 1 amide bonds. The second-order valence-electron chi connectivity index (χ2n) is 5.27. The van der Waals surface area contributed by atoms with Crippen LogP contribution < -0.4 is 5.32 Å². The van der Waals surface area contributed by atoms with Gasteiger partial charge < -0.3 is 10.2 Å². The first kappa shape index (κ1) is 13.1. The molecular formula is C15H22N2O. The van der Waals surface area contributed by atoms with Crippen molar-refractivity contribution in [3.63, 3.8) is 0 Å². The fraction of sp³-hybridized carbons (Fsp3) is 0.533. The van der Waals surface area contributed by atoms with Gasteiger partial charge in [0.15, 0.2) is 0 Å². The minimum atomic E-state index is 0.147. The minimum Gasteiger partial charge on any atom is -0.339 e. The quantitative estimate of drug-likeness (QED) is 0.867. The molecule has 1 saturated heterocycles. The molecule has 3 nitrogen and oxygen atoms in total. The molecule has 18 heavy (non-hydrogen) atoms. The summed E-state index contributed by atoms with van der Waals surface area (Å²) >= 11 is 0. The number of nitrogens with one attached hydrogen (secondary N) is 1. The molecule has 98 valence electrons. The number of carbonyl (C=O) groups excluding carboxylic acids is 1. The fourth-order valence-electron chi connectivity index (χ4n) is 2.66. The molecule has 0 spiro atoms. The molecule has 0 unspecified atom stereocenters. The van der Waals surface area contributed by atoms with Crippen LogP contribution in [-0.4, -0.2) is 37.0 Å². The van der Waals surface area contributed by atoms with Crippen LogP contribution in [0.15, 0.2) is 18.2 Å². The zero-order valence-corrected chi connectivity index (χ0v) is 11.5. The summed E-state index contributed by atoms with van der Waals surface area (Å²) in [7, 11) is 1.93. The van der Waals surface area contributed by atoms with Gasteiger partial charge in [-0.25, -0.2) is 0 Å². The lowest BCUT2D eigenvalue weighted by Gasteiger charge is -2.31. The van der Waals surface area contributed by atoms with E-state index in [-0.39, 0.29) is 5.91 Å². The van der Waals surface area contributed by atoms with Gasteiger partial charge in [0.25, 0.3) is 5.91 Å². The number of benzene rings is 1. The van der Waals surface area contributed by atoms with E-state index in [2.05, 4.69) is 11.4 Å². The van der Waals surface area contributed by atoms with E-state index in [1.807, 2.05) is 37.9 Å². The van der Waals surface area contributed by atoms with Crippen LogP contribution >= 0.6 is 0 Å². The summed E-state index contributed by atoms with van der Waals surface area (Å²) in [4.78, 5) is 14.4. The van der Waals surface area contributed by atoms with Crippen molar-refractivity contribution in [1.29, 1.82) is 0 Å². The maximum absolute atomic E-state index is 12.5. The normalized spacial score (nSPS) is 16.6. The van der Waals surface area contributed by atoms with Crippen molar-refractivity contribution in [2.24, 2.45) is 0 Å². The van der Waals surface area contributed by atoms with E-state index in [1.165, 1.54) is 0 Å². The first-order chi connectivity index (χ1) is 8.58. The Kier molecular flexibility index (Phi) is 4.02. The molecule has 0 saturated carbocycles. The zero-order chi connectivity index (χ0) is 13.1. The van der Waals surface area contributed by atoms with Crippen LogP contribution in [-0.2, 0) is 0 Å². The molecule has 1 fully saturated rings. The summed E-state index contributed by atoms with van der Waals surface area (Å²) in [6, 6.07) is 6.43. The van der Waals surface area contributed by atoms with Crippen LogP contribution in [0, 0.1) is 13.8 Å². The van der Waals surface area contributed by atoms with E-state index in [1.54, 1.807) is 0 Å². The van der Waals surface area contributed by atoms with Crippen molar-refractivity contribution in [1.82, 2.24) is 10.2 Å². The molecule has 2 rings (SSSR count). The maximum Gasteiger partial charge on any atom is 0.253 e. The summed E-state index contributed by atoms with van der Waals surface area (Å²) in [6.45, 7) is 6.09. The largest absolute Gasteiger partial charge is 0.339 e. The Morgan fingerprint density at radius 2 is 1.72 bits per heavy atom. The number of carbonyl (C=O) groups is 1.